The van der Waals surface area contributed by atoms with Crippen molar-refractivity contribution in [3.8, 4) is 11.1 Å². The molecule has 2 aromatic rings. The van der Waals surface area contributed by atoms with E-state index in [1.807, 2.05) is 41.3 Å². The summed E-state index contributed by atoms with van der Waals surface area (Å²) in [5.41, 5.74) is 5.04. The summed E-state index contributed by atoms with van der Waals surface area (Å²) < 4.78 is 0. The van der Waals surface area contributed by atoms with Gasteiger partial charge in [-0.2, -0.15) is 0 Å². The molecule has 0 aromatic heterocycles. The highest BCUT2D eigenvalue weighted by atomic mass is 16.2. The first kappa shape index (κ1) is 13.6. The van der Waals surface area contributed by atoms with Gasteiger partial charge in [-0.1, -0.05) is 24.3 Å². The number of hydrogen-bond donors (Lipinski definition) is 0. The maximum Gasteiger partial charge on any atom is 0.223 e. The fraction of sp³-hybridized carbons (Fsp3) is 0.222. The molecule has 0 unspecified atom stereocenters. The molecule has 0 aliphatic carbocycles. The highest BCUT2D eigenvalue weighted by Gasteiger charge is 2.22. The lowest BCUT2D eigenvalue weighted by atomic mass is 9.99. The van der Waals surface area contributed by atoms with Crippen LogP contribution in [0.4, 0.5) is 5.69 Å². The van der Waals surface area contributed by atoms with Crippen LogP contribution in [0.1, 0.15) is 29.8 Å². The molecule has 21 heavy (non-hydrogen) atoms. The average molecular weight is 279 g/mol. The number of benzene rings is 2. The summed E-state index contributed by atoms with van der Waals surface area (Å²) in [5.74, 6) is 0.154. The molecule has 2 aromatic carbocycles. The van der Waals surface area contributed by atoms with E-state index >= 15 is 0 Å². The van der Waals surface area contributed by atoms with Crippen molar-refractivity contribution in [2.75, 3.05) is 11.4 Å². The Kier molecular flexibility index (Phi) is 3.34. The second-order valence-corrected chi connectivity index (χ2v) is 5.40. The lowest BCUT2D eigenvalue weighted by molar-refractivity contribution is -0.116. The number of fused-ring (bicyclic) bond motifs is 1. The van der Waals surface area contributed by atoms with Gasteiger partial charge in [0.2, 0.25) is 5.91 Å². The molecule has 0 N–H and O–H groups in total. The fourth-order valence-corrected chi connectivity index (χ4v) is 2.83. The van der Waals surface area contributed by atoms with Crippen LogP contribution in [0.15, 0.2) is 42.5 Å². The summed E-state index contributed by atoms with van der Waals surface area (Å²) in [7, 11) is 0. The summed E-state index contributed by atoms with van der Waals surface area (Å²) >= 11 is 0. The number of amides is 1. The molecule has 1 aliphatic heterocycles. The van der Waals surface area contributed by atoms with Crippen LogP contribution < -0.4 is 4.90 Å². The Morgan fingerprint density at radius 3 is 2.48 bits per heavy atom. The van der Waals surface area contributed by atoms with Crippen LogP contribution in [0.25, 0.3) is 11.1 Å². The van der Waals surface area contributed by atoms with Crippen LogP contribution in [-0.4, -0.2) is 18.2 Å². The van der Waals surface area contributed by atoms with E-state index in [0.717, 1.165) is 35.3 Å². The van der Waals surface area contributed by atoms with Crippen molar-refractivity contribution in [3.63, 3.8) is 0 Å². The Labute approximate surface area is 124 Å². The first-order valence-electron chi connectivity index (χ1n) is 7.08. The van der Waals surface area contributed by atoms with E-state index < -0.39 is 0 Å². The third-order valence-corrected chi connectivity index (χ3v) is 3.96. The second-order valence-electron chi connectivity index (χ2n) is 5.40. The van der Waals surface area contributed by atoms with Gasteiger partial charge >= 0.3 is 0 Å². The molecule has 3 rings (SSSR count). The van der Waals surface area contributed by atoms with Gasteiger partial charge in [0.15, 0.2) is 5.78 Å². The Balaban J connectivity index is 2.00. The van der Waals surface area contributed by atoms with Crippen molar-refractivity contribution < 1.29 is 9.59 Å². The first-order valence-corrected chi connectivity index (χ1v) is 7.08. The molecule has 3 nitrogen and oxygen atoms in total. The number of rotatable bonds is 2. The molecule has 0 spiro atoms. The van der Waals surface area contributed by atoms with E-state index in [4.69, 9.17) is 0 Å². The zero-order valence-electron chi connectivity index (χ0n) is 12.2. The van der Waals surface area contributed by atoms with E-state index in [-0.39, 0.29) is 11.7 Å². The third kappa shape index (κ3) is 2.47. The van der Waals surface area contributed by atoms with E-state index in [9.17, 15) is 9.59 Å². The highest BCUT2D eigenvalue weighted by Crippen LogP contribution is 2.32. The minimum Gasteiger partial charge on any atom is -0.312 e. The first-order chi connectivity index (χ1) is 10.1. The van der Waals surface area contributed by atoms with Gasteiger partial charge in [0.05, 0.1) is 0 Å². The smallest absolute Gasteiger partial charge is 0.223 e. The Morgan fingerprint density at radius 2 is 1.76 bits per heavy atom. The summed E-state index contributed by atoms with van der Waals surface area (Å²) in [6.07, 6.45) is 0.884. The predicted molar refractivity (Wildman–Crippen MR) is 83.6 cm³/mol. The van der Waals surface area contributed by atoms with E-state index in [2.05, 4.69) is 6.07 Å². The van der Waals surface area contributed by atoms with Crippen molar-refractivity contribution in [1.29, 1.82) is 0 Å². The second kappa shape index (κ2) is 5.17. The molecule has 1 amide bonds. The average Bonchev–Trinajstić information content (AvgIpc) is 2.90. The van der Waals surface area contributed by atoms with E-state index in [0.29, 0.717) is 0 Å². The summed E-state index contributed by atoms with van der Waals surface area (Å²) in [5, 5.41) is 0. The fourth-order valence-electron chi connectivity index (χ4n) is 2.83. The number of hydrogen-bond acceptors (Lipinski definition) is 2. The zero-order valence-corrected chi connectivity index (χ0v) is 12.2. The molecule has 0 bridgehead atoms. The van der Waals surface area contributed by atoms with Crippen molar-refractivity contribution in [1.82, 2.24) is 0 Å². The van der Waals surface area contributed by atoms with Gasteiger partial charge in [0.25, 0.3) is 0 Å². The van der Waals surface area contributed by atoms with Gasteiger partial charge < -0.3 is 4.90 Å². The Bertz CT molecular complexity index is 734. The molecular formula is C18H17NO2. The van der Waals surface area contributed by atoms with Crippen LogP contribution in [-0.2, 0) is 11.2 Å². The van der Waals surface area contributed by atoms with Crippen molar-refractivity contribution in [2.24, 2.45) is 0 Å². The maximum absolute atomic E-state index is 11.6. The zero-order chi connectivity index (χ0) is 15.0. The summed E-state index contributed by atoms with van der Waals surface area (Å²) in [6, 6.07) is 13.8. The molecule has 0 radical (unpaired) electrons. The topological polar surface area (TPSA) is 37.4 Å². The van der Waals surface area contributed by atoms with Crippen LogP contribution in [0.2, 0.25) is 0 Å². The molecule has 0 fully saturated rings. The predicted octanol–water partition coefficient (Wildman–Crippen LogP) is 3.47. The SMILES string of the molecule is CC(=O)c1cccc(-c2ccc3c(c2)CCN3C(C)=O)c1. The molecule has 3 heteroatoms. The minimum atomic E-state index is 0.0702. The van der Waals surface area contributed by atoms with Gasteiger partial charge in [-0.15, -0.1) is 0 Å². The van der Waals surface area contributed by atoms with Crippen LogP contribution in [0.3, 0.4) is 0 Å². The number of nitrogens with zero attached hydrogens (tertiary/aromatic N) is 1. The number of carbonyl (C=O) groups is 2. The van der Waals surface area contributed by atoms with Gasteiger partial charge in [-0.05, 0) is 48.2 Å². The van der Waals surface area contributed by atoms with E-state index in [1.54, 1.807) is 13.8 Å². The van der Waals surface area contributed by atoms with Gasteiger partial charge in [-0.3, -0.25) is 9.59 Å². The lowest BCUT2D eigenvalue weighted by Gasteiger charge is -2.15. The van der Waals surface area contributed by atoms with Crippen LogP contribution in [0, 0.1) is 0 Å². The summed E-state index contributed by atoms with van der Waals surface area (Å²) in [4.78, 5) is 24.9. The maximum atomic E-state index is 11.6. The normalized spacial score (nSPS) is 13.1. The molecular weight excluding hydrogens is 262 g/mol. The van der Waals surface area contributed by atoms with Gasteiger partial charge in [0.1, 0.15) is 0 Å². The molecule has 0 atom stereocenters. The molecule has 0 saturated carbocycles. The number of carbonyl (C=O) groups excluding carboxylic acids is 2. The quantitative estimate of drug-likeness (QED) is 0.789. The highest BCUT2D eigenvalue weighted by molar-refractivity contribution is 5.96. The number of Topliss-reactive ketones (excluding diaryl/α,β-unsaturated/α-hetero) is 1. The molecule has 106 valence electrons. The standard InChI is InChI=1S/C18H17NO2/c1-12(20)14-4-3-5-15(10-14)16-6-7-18-17(11-16)8-9-19(18)13(2)21/h3-7,10-11H,8-9H2,1-2H3. The molecule has 1 aliphatic rings. The van der Waals surface area contributed by atoms with Gasteiger partial charge in [0, 0.05) is 24.7 Å². The lowest BCUT2D eigenvalue weighted by Crippen LogP contribution is -2.25. The Hall–Kier alpha value is -2.42. The monoisotopic (exact) mass is 279 g/mol. The Morgan fingerprint density at radius 1 is 1.00 bits per heavy atom. The molecule has 0 saturated heterocycles. The van der Waals surface area contributed by atoms with Crippen LogP contribution in [0.5, 0.6) is 0 Å². The van der Waals surface area contributed by atoms with E-state index in [1.165, 1.54) is 5.56 Å². The van der Waals surface area contributed by atoms with Crippen molar-refractivity contribution in [2.45, 2.75) is 20.3 Å². The number of anilines is 1. The number of ketones is 1. The van der Waals surface area contributed by atoms with Gasteiger partial charge in [-0.25, -0.2) is 0 Å². The van der Waals surface area contributed by atoms with Crippen molar-refractivity contribution in [3.05, 3.63) is 53.6 Å². The van der Waals surface area contributed by atoms with Crippen molar-refractivity contribution >= 4 is 17.4 Å². The third-order valence-electron chi connectivity index (χ3n) is 3.96. The summed E-state index contributed by atoms with van der Waals surface area (Å²) in [6.45, 7) is 3.92. The minimum absolute atomic E-state index is 0.0702. The van der Waals surface area contributed by atoms with Crippen LogP contribution >= 0.6 is 0 Å². The largest absolute Gasteiger partial charge is 0.312 e. The molecule has 1 heterocycles.